The van der Waals surface area contributed by atoms with Crippen LogP contribution in [0.2, 0.25) is 0 Å². The van der Waals surface area contributed by atoms with Crippen LogP contribution in [0, 0.1) is 0 Å². The van der Waals surface area contributed by atoms with E-state index in [1.54, 1.807) is 12.1 Å². The molecule has 0 saturated heterocycles. The van der Waals surface area contributed by atoms with Gasteiger partial charge < -0.3 is 10.4 Å². The summed E-state index contributed by atoms with van der Waals surface area (Å²) in [5, 5.41) is 12.1. The lowest BCUT2D eigenvalue weighted by Crippen LogP contribution is -2.41. The van der Waals surface area contributed by atoms with Gasteiger partial charge in [-0.1, -0.05) is 19.9 Å². The fraction of sp³-hybridized carbons (Fsp3) is 0.462. The lowest BCUT2D eigenvalue weighted by atomic mass is 10.1. The van der Waals surface area contributed by atoms with Gasteiger partial charge in [-0.25, -0.2) is 18.1 Å². The van der Waals surface area contributed by atoms with Gasteiger partial charge in [0.2, 0.25) is 5.96 Å². The zero-order chi connectivity index (χ0) is 14.8. The predicted molar refractivity (Wildman–Crippen MR) is 78.4 cm³/mol. The summed E-state index contributed by atoms with van der Waals surface area (Å²) >= 11 is 0. The van der Waals surface area contributed by atoms with Crippen LogP contribution in [0.25, 0.3) is 0 Å². The molecule has 0 bridgehead atoms. The summed E-state index contributed by atoms with van der Waals surface area (Å²) in [4.78, 5) is 4.40. The quantitative estimate of drug-likeness (QED) is 0.775. The molecule has 110 valence electrons. The summed E-state index contributed by atoms with van der Waals surface area (Å²) < 4.78 is 26.8. The predicted octanol–water partition coefficient (Wildman–Crippen LogP) is 1.08. The Kier molecular flexibility index (Phi) is 4.29. The zero-order valence-electron chi connectivity index (χ0n) is 11.5. The Bertz CT molecular complexity index is 622. The van der Waals surface area contributed by atoms with E-state index in [0.717, 1.165) is 12.0 Å². The van der Waals surface area contributed by atoms with E-state index in [0.29, 0.717) is 12.1 Å². The Morgan fingerprint density at radius 1 is 1.35 bits per heavy atom. The van der Waals surface area contributed by atoms with Crippen molar-refractivity contribution in [3.05, 3.63) is 23.8 Å². The van der Waals surface area contributed by atoms with Gasteiger partial charge in [0, 0.05) is 0 Å². The lowest BCUT2D eigenvalue weighted by Gasteiger charge is -2.23. The number of anilines is 1. The third-order valence-electron chi connectivity index (χ3n) is 3.22. The zero-order valence-corrected chi connectivity index (χ0v) is 12.4. The topological polar surface area (TPSA) is 90.8 Å². The fourth-order valence-electron chi connectivity index (χ4n) is 1.95. The largest absolute Gasteiger partial charge is 0.394 e. The minimum absolute atomic E-state index is 0.120. The van der Waals surface area contributed by atoms with Crippen LogP contribution in [-0.2, 0) is 16.4 Å². The van der Waals surface area contributed by atoms with E-state index >= 15 is 0 Å². The Morgan fingerprint density at radius 2 is 2.10 bits per heavy atom. The second-order valence-corrected chi connectivity index (χ2v) is 6.29. The highest BCUT2D eigenvalue weighted by Gasteiger charge is 2.27. The van der Waals surface area contributed by atoms with Crippen molar-refractivity contribution < 1.29 is 13.5 Å². The second kappa shape index (κ2) is 5.80. The Morgan fingerprint density at radius 3 is 2.70 bits per heavy atom. The molecule has 0 fully saturated rings. The van der Waals surface area contributed by atoms with E-state index in [9.17, 15) is 8.42 Å². The maximum absolute atomic E-state index is 12.2. The molecule has 0 radical (unpaired) electrons. The van der Waals surface area contributed by atoms with Gasteiger partial charge in [-0.05, 0) is 30.5 Å². The number of benzene rings is 1. The first-order valence-corrected chi connectivity index (χ1v) is 8.10. The summed E-state index contributed by atoms with van der Waals surface area (Å²) in [6.07, 6.45) is 1.40. The smallest absolute Gasteiger partial charge is 0.266 e. The number of nitrogens with one attached hydrogen (secondary N) is 2. The second-order valence-electron chi connectivity index (χ2n) is 4.64. The Labute approximate surface area is 119 Å². The van der Waals surface area contributed by atoms with Crippen molar-refractivity contribution in [2.45, 2.75) is 37.6 Å². The number of fused-ring (bicyclic) bond motifs is 1. The van der Waals surface area contributed by atoms with Crippen LogP contribution in [-0.4, -0.2) is 32.1 Å². The van der Waals surface area contributed by atoms with E-state index in [1.807, 2.05) is 19.9 Å². The maximum atomic E-state index is 12.2. The molecule has 1 heterocycles. The summed E-state index contributed by atoms with van der Waals surface area (Å²) in [6, 6.07) is 4.96. The molecule has 1 aliphatic rings. The molecular formula is C13H19N3O3S. The average molecular weight is 297 g/mol. The number of aliphatic imine (C=N–C) groups is 1. The molecule has 1 aliphatic heterocycles. The number of hydrogen-bond donors (Lipinski definition) is 3. The molecular weight excluding hydrogens is 278 g/mol. The lowest BCUT2D eigenvalue weighted by molar-refractivity contribution is 0.264. The molecule has 1 aromatic carbocycles. The van der Waals surface area contributed by atoms with Crippen LogP contribution in [0.3, 0.4) is 0 Å². The van der Waals surface area contributed by atoms with Crippen molar-refractivity contribution in [2.24, 2.45) is 4.99 Å². The molecule has 20 heavy (non-hydrogen) atoms. The van der Waals surface area contributed by atoms with Crippen LogP contribution in [0.1, 0.15) is 25.8 Å². The Balaban J connectivity index is 2.41. The van der Waals surface area contributed by atoms with Gasteiger partial charge in [0.1, 0.15) is 4.90 Å². The molecule has 3 N–H and O–H groups in total. The van der Waals surface area contributed by atoms with Gasteiger partial charge in [0.05, 0.1) is 18.3 Å². The van der Waals surface area contributed by atoms with E-state index in [-0.39, 0.29) is 23.5 Å². The molecule has 0 saturated carbocycles. The van der Waals surface area contributed by atoms with Crippen molar-refractivity contribution in [2.75, 3.05) is 11.9 Å². The van der Waals surface area contributed by atoms with Crippen LogP contribution in [0.5, 0.6) is 0 Å². The van der Waals surface area contributed by atoms with E-state index in [4.69, 9.17) is 5.11 Å². The number of hydrogen-bond acceptors (Lipinski definition) is 4. The summed E-state index contributed by atoms with van der Waals surface area (Å²) in [5.74, 6) is 0.155. The molecule has 1 unspecified atom stereocenters. The number of aliphatic hydroxyl groups excluding tert-OH is 1. The molecule has 7 heteroatoms. The van der Waals surface area contributed by atoms with Gasteiger partial charge in [-0.15, -0.1) is 0 Å². The van der Waals surface area contributed by atoms with Crippen molar-refractivity contribution in [3.63, 3.8) is 0 Å². The van der Waals surface area contributed by atoms with Crippen molar-refractivity contribution >= 4 is 21.7 Å². The van der Waals surface area contributed by atoms with Crippen LogP contribution in [0.4, 0.5) is 5.69 Å². The first-order chi connectivity index (χ1) is 9.50. The van der Waals surface area contributed by atoms with Crippen molar-refractivity contribution in [3.8, 4) is 0 Å². The molecule has 2 rings (SSSR count). The van der Waals surface area contributed by atoms with Gasteiger partial charge in [-0.2, -0.15) is 0 Å². The monoisotopic (exact) mass is 297 g/mol. The third kappa shape index (κ3) is 2.94. The van der Waals surface area contributed by atoms with Gasteiger partial charge in [0.25, 0.3) is 10.0 Å². The summed E-state index contributed by atoms with van der Waals surface area (Å²) in [5.41, 5.74) is 1.46. The standard InChI is InChI=1S/C13H19N3O3S/c1-3-9-5-6-11-12(7-9)20(18,19)16-13(15-11)14-10(4-2)8-17/h5-7,10,17H,3-4,8H2,1-2H3,(H2,14,15,16). The third-order valence-corrected chi connectivity index (χ3v) is 4.60. The number of guanidine groups is 1. The number of aliphatic hydroxyl groups is 1. The maximum Gasteiger partial charge on any atom is 0.266 e. The summed E-state index contributed by atoms with van der Waals surface area (Å²) in [7, 11) is -3.61. The molecule has 0 aromatic heterocycles. The molecule has 6 nitrogen and oxygen atoms in total. The molecule has 0 aliphatic carbocycles. The number of nitrogens with zero attached hydrogens (tertiary/aromatic N) is 1. The molecule has 1 atom stereocenters. The average Bonchev–Trinajstić information content (AvgIpc) is 2.43. The molecule has 1 aromatic rings. The highest BCUT2D eigenvalue weighted by molar-refractivity contribution is 7.90. The number of sulfonamides is 1. The van der Waals surface area contributed by atoms with Gasteiger partial charge in [0.15, 0.2) is 0 Å². The minimum Gasteiger partial charge on any atom is -0.394 e. The van der Waals surface area contributed by atoms with E-state index in [2.05, 4.69) is 15.0 Å². The van der Waals surface area contributed by atoms with Crippen molar-refractivity contribution in [1.82, 2.24) is 4.72 Å². The van der Waals surface area contributed by atoms with Crippen LogP contribution >= 0.6 is 0 Å². The summed E-state index contributed by atoms with van der Waals surface area (Å²) in [6.45, 7) is 3.73. The molecule has 0 amide bonds. The highest BCUT2D eigenvalue weighted by atomic mass is 32.2. The first kappa shape index (κ1) is 14.8. The van der Waals surface area contributed by atoms with Gasteiger partial charge in [-0.3, -0.25) is 0 Å². The first-order valence-electron chi connectivity index (χ1n) is 6.61. The van der Waals surface area contributed by atoms with Crippen LogP contribution < -0.4 is 10.0 Å². The van der Waals surface area contributed by atoms with Crippen molar-refractivity contribution in [1.29, 1.82) is 0 Å². The van der Waals surface area contributed by atoms with Gasteiger partial charge >= 0.3 is 0 Å². The van der Waals surface area contributed by atoms with Crippen LogP contribution in [0.15, 0.2) is 28.1 Å². The fourth-order valence-corrected chi connectivity index (χ4v) is 3.13. The SMILES string of the molecule is CCc1ccc2c(c1)S(=O)(=O)NC(=NC(CC)CO)N2. The van der Waals surface area contributed by atoms with E-state index < -0.39 is 10.0 Å². The highest BCUT2D eigenvalue weighted by Crippen LogP contribution is 2.26. The minimum atomic E-state index is -3.61. The number of aryl methyl sites for hydroxylation is 1. The number of rotatable bonds is 4. The van der Waals surface area contributed by atoms with E-state index in [1.165, 1.54) is 0 Å². The normalized spacial score (nSPS) is 19.9. The molecule has 0 spiro atoms. The Hall–Kier alpha value is -1.60.